The summed E-state index contributed by atoms with van der Waals surface area (Å²) in [5, 5.41) is 27.3. The second kappa shape index (κ2) is 46.2. The Bertz CT molecular complexity index is 5320. The van der Waals surface area contributed by atoms with Crippen molar-refractivity contribution >= 4 is 103 Å². The zero-order chi connectivity index (χ0) is 83.0. The number of benzene rings is 10. The van der Waals surface area contributed by atoms with Crippen molar-refractivity contribution in [3.8, 4) is 11.5 Å². The summed E-state index contributed by atoms with van der Waals surface area (Å²) in [4.78, 5) is 99.3. The molecule has 0 unspecified atom stereocenters. The fraction of sp³-hybridized carbons (Fsp3) is 0.130. The van der Waals surface area contributed by atoms with Crippen molar-refractivity contribution < 1.29 is 75.1 Å². The summed E-state index contributed by atoms with van der Waals surface area (Å²) in [7, 11) is -1.01. The molecule has 0 radical (unpaired) electrons. The lowest BCUT2D eigenvalue weighted by Gasteiger charge is -2.18. The van der Waals surface area contributed by atoms with Gasteiger partial charge in [-0.15, -0.1) is 22.7 Å². The van der Waals surface area contributed by atoms with Crippen LogP contribution in [0, 0.1) is 12.8 Å². The van der Waals surface area contributed by atoms with E-state index >= 15 is 0 Å². The van der Waals surface area contributed by atoms with E-state index in [0.717, 1.165) is 59.2 Å². The molecule has 25 heteroatoms. The highest BCUT2D eigenvalue weighted by Gasteiger charge is 2.25. The van der Waals surface area contributed by atoms with Crippen LogP contribution in [0.2, 0.25) is 0 Å². The molecule has 13 rings (SSSR count). The number of nitrogens with zero attached hydrogens (tertiary/aromatic N) is 6. The molecule has 1 fully saturated rings. The minimum absolute atomic E-state index is 0.0473. The number of hydrogen-bond acceptors (Lipinski definition) is 24. The van der Waals surface area contributed by atoms with Crippen molar-refractivity contribution in [1.29, 1.82) is 0 Å². The molecule has 1 aliphatic rings. The van der Waals surface area contributed by atoms with Gasteiger partial charge in [-0.1, -0.05) is 317 Å². The van der Waals surface area contributed by atoms with Crippen molar-refractivity contribution in [1.82, 2.24) is 0 Å². The van der Waals surface area contributed by atoms with Gasteiger partial charge in [0.25, 0.3) is 0 Å². The first kappa shape index (κ1) is 87.0. The van der Waals surface area contributed by atoms with Crippen LogP contribution in [0.4, 0.5) is 0 Å². The van der Waals surface area contributed by atoms with Crippen molar-refractivity contribution in [2.24, 2.45) is 36.9 Å². The van der Waals surface area contributed by atoms with Crippen molar-refractivity contribution in [2.75, 3.05) is 14.2 Å². The number of ketones is 1. The summed E-state index contributed by atoms with van der Waals surface area (Å²) >= 11 is 2.51. The van der Waals surface area contributed by atoms with Crippen LogP contribution in [0.3, 0.4) is 0 Å². The predicted molar refractivity (Wildman–Crippen MR) is 454 cm³/mol. The fourth-order valence-corrected chi connectivity index (χ4v) is 12.8. The highest BCUT2D eigenvalue weighted by molar-refractivity contribution is 7.86. The topological polar surface area (TPSA) is 285 Å². The first-order valence-electron chi connectivity index (χ1n) is 36.6. The molecule has 10 aromatic carbocycles. The molecule has 1 aliphatic carbocycles. The van der Waals surface area contributed by atoms with Gasteiger partial charge in [-0.2, -0.15) is 8.42 Å². The third-order valence-corrected chi connectivity index (χ3v) is 19.8. The first-order valence-corrected chi connectivity index (χ1v) is 39.8. The lowest BCUT2D eigenvalue weighted by atomic mass is 9.89. The molecule has 0 bridgehead atoms. The zero-order valence-corrected chi connectivity index (χ0v) is 67.1. The van der Waals surface area contributed by atoms with Crippen LogP contribution in [-0.2, 0) is 48.2 Å². The predicted octanol–water partition coefficient (Wildman–Crippen LogP) is 19.4. The quantitative estimate of drug-likeness (QED) is 0.0309. The molecule has 594 valence electrons. The molecule has 2 heterocycles. The lowest BCUT2D eigenvalue weighted by molar-refractivity contribution is -0.149. The van der Waals surface area contributed by atoms with Crippen LogP contribution in [0.5, 0.6) is 11.5 Å². The summed E-state index contributed by atoms with van der Waals surface area (Å²) in [6.07, 6.45) is 5.37. The normalized spacial score (nSPS) is 12.2. The monoisotopic (exact) mass is 1620 g/mol. The van der Waals surface area contributed by atoms with Crippen molar-refractivity contribution in [3.63, 3.8) is 0 Å². The van der Waals surface area contributed by atoms with E-state index in [0.29, 0.717) is 54.9 Å². The number of carbonyl (C=O) groups is 6. The molecular formula is C92H82N6O16S3. The Morgan fingerprint density at radius 1 is 0.342 bits per heavy atom. The second-order valence-electron chi connectivity index (χ2n) is 25.2. The molecule has 0 spiro atoms. The highest BCUT2D eigenvalue weighted by Crippen LogP contribution is 2.30. The van der Waals surface area contributed by atoms with Crippen molar-refractivity contribution in [3.05, 3.63) is 386 Å². The summed E-state index contributed by atoms with van der Waals surface area (Å²) in [6, 6.07) is 92.2. The van der Waals surface area contributed by atoms with Crippen LogP contribution in [0.25, 0.3) is 0 Å². The Kier molecular flexibility index (Phi) is 34.4. The number of aryl methyl sites for hydroxylation is 1. The Morgan fingerprint density at radius 3 is 1.09 bits per heavy atom. The van der Waals surface area contributed by atoms with Crippen LogP contribution >= 0.6 is 22.7 Å². The molecule has 0 saturated heterocycles. The van der Waals surface area contributed by atoms with E-state index in [4.69, 9.17) is 37.9 Å². The summed E-state index contributed by atoms with van der Waals surface area (Å²) < 4.78 is 38.9. The summed E-state index contributed by atoms with van der Waals surface area (Å²) in [5.74, 6) is -2.30. The lowest BCUT2D eigenvalue weighted by Crippen LogP contribution is -2.20. The van der Waals surface area contributed by atoms with E-state index in [1.807, 2.05) is 184 Å². The van der Waals surface area contributed by atoms with E-state index in [1.54, 1.807) is 145 Å². The zero-order valence-electron chi connectivity index (χ0n) is 64.7. The number of ether oxygens (including phenoxy) is 2. The molecule has 0 atom stereocenters. The summed E-state index contributed by atoms with van der Waals surface area (Å²) in [6.45, 7) is 6.78. The third kappa shape index (κ3) is 27.4. The van der Waals surface area contributed by atoms with Gasteiger partial charge < -0.3 is 33.7 Å². The van der Waals surface area contributed by atoms with E-state index in [9.17, 15) is 37.2 Å². The highest BCUT2D eigenvalue weighted by atomic mass is 32.2. The van der Waals surface area contributed by atoms with Gasteiger partial charge in [0, 0.05) is 34.7 Å². The Labute approximate surface area is 686 Å². The minimum atomic E-state index is -3.87. The first-order chi connectivity index (χ1) is 56.9. The van der Waals surface area contributed by atoms with Crippen molar-refractivity contribution in [2.45, 2.75) is 64.7 Å². The molecule has 2 aromatic heterocycles. The van der Waals surface area contributed by atoms with Gasteiger partial charge in [0.2, 0.25) is 0 Å². The molecule has 22 nitrogen and oxygen atoms in total. The van der Waals surface area contributed by atoms with E-state index < -0.39 is 34.0 Å². The number of thiophene rings is 2. The maximum absolute atomic E-state index is 12.4. The number of hydrogen-bond donors (Lipinski definition) is 0. The molecule has 0 N–H and O–H groups in total. The average molecular weight is 1620 g/mol. The van der Waals surface area contributed by atoms with E-state index in [2.05, 4.69) is 30.9 Å². The number of rotatable bonds is 24. The van der Waals surface area contributed by atoms with E-state index in [1.165, 1.54) is 62.4 Å². The molecule has 0 aliphatic heterocycles. The largest absolute Gasteiger partial charge is 0.496 e. The fourth-order valence-electron chi connectivity index (χ4n) is 10.8. The van der Waals surface area contributed by atoms with Gasteiger partial charge >= 0.3 is 40.0 Å². The van der Waals surface area contributed by atoms with Crippen LogP contribution < -0.4 is 9.47 Å². The standard InChI is InChI=1S/C24H16N2O4S2.C20H15NO2.C18H17NO5.C15H15NO3S.C15H19NO2/c27-23(19-13-7-15-31-19)29-25-21(17-9-3-1-4-10-17)22(18-11-5-2-6-12-18)26-30-24(28)20-14-8-16-32-20;22-20(18-14-8-3-9-15-18)23-21-19(16-10-4-1-5-11-16)17-12-6-2-7-13-17;1-12(20)17(13-8-5-4-6-9-13)19-24-18(21)16-14(22-2)10-7-11-15(16)23-3;1-12-8-10-15(11-9-12)20(17,18)19-16-13(2)14-6-4-3-5-7-14;1-12(13-8-4-2-5-9-13)16-18-15(17)14-10-6-3-7-11-14/h1-16H;1-15H;4-11H,1-3H3;3-11H,1-2H3;2,4-5,8-9,14H,3,6-7,10-11H2,1H3/b25-21-,26-22-;;19-17+;16-13+;16-12+. The molecule has 0 amide bonds. The molecule has 117 heavy (non-hydrogen) atoms. The minimum Gasteiger partial charge on any atom is -0.496 e. The van der Waals surface area contributed by atoms with Gasteiger partial charge in [-0.05, 0) is 104 Å². The van der Waals surface area contributed by atoms with Gasteiger partial charge in [0.05, 0.1) is 37.1 Å². The Morgan fingerprint density at radius 2 is 0.701 bits per heavy atom. The van der Waals surface area contributed by atoms with Gasteiger partial charge in [0.1, 0.15) is 48.8 Å². The summed E-state index contributed by atoms with van der Waals surface area (Å²) in [5.41, 5.74) is 9.37. The molecule has 1 saturated carbocycles. The average Bonchev–Trinajstić information content (AvgIpc) is 1.07. The number of oxime groups is 6. The number of carbonyl (C=O) groups excluding carboxylic acids is 6. The number of Topliss-reactive ketones (excluding diaryl/α,β-unsaturated/α-hetero) is 1. The number of methoxy groups -OCH3 is 2. The van der Waals surface area contributed by atoms with Crippen LogP contribution in [-0.4, -0.2) is 92.5 Å². The maximum atomic E-state index is 12.4. The molecular weight excluding hydrogens is 1540 g/mol. The molecule has 12 aromatic rings. The van der Waals surface area contributed by atoms with Crippen LogP contribution in [0.15, 0.2) is 356 Å². The maximum Gasteiger partial charge on any atom is 0.375 e. The Hall–Kier alpha value is -14.0. The third-order valence-electron chi connectivity index (χ3n) is 16.9. The SMILES string of the molecule is C/C(=N\OC(=O)C1CCCCC1)c1ccccc1.C/C(=N\OS(=O)(=O)c1ccc(C)cc1)c1ccccc1.COc1cccc(OC)c1C(=O)O/N=C(\C(C)=O)c1ccccc1.O=C(O/N=C(\C(=N/OC(=O)c1cccs1)c1ccccc1)c1ccccc1)c1cccs1.O=C(ON=C(c1ccccc1)c1ccccc1)c1ccccc1. The second-order valence-corrected chi connectivity index (χ2v) is 28.6. The smallest absolute Gasteiger partial charge is 0.375 e. The van der Waals surface area contributed by atoms with Gasteiger partial charge in [0.15, 0.2) is 11.5 Å². The van der Waals surface area contributed by atoms with Crippen LogP contribution in [0.1, 0.15) is 137 Å². The van der Waals surface area contributed by atoms with Gasteiger partial charge in [-0.25, -0.2) is 24.0 Å². The van der Waals surface area contributed by atoms with Gasteiger partial charge in [-0.3, -0.25) is 9.08 Å². The van der Waals surface area contributed by atoms with E-state index in [-0.39, 0.29) is 45.3 Å². The Balaban J connectivity index is 0.000000169.